The van der Waals surface area contributed by atoms with Crippen molar-refractivity contribution in [2.24, 2.45) is 0 Å². The minimum absolute atomic E-state index is 0.176. The van der Waals surface area contributed by atoms with Gasteiger partial charge < -0.3 is 10.5 Å². The summed E-state index contributed by atoms with van der Waals surface area (Å²) in [7, 11) is 0. The molecule has 0 fully saturated rings. The minimum Gasteiger partial charge on any atom is -0.457 e. The standard InChI is InChI=1S/C14H11BrClNO2/c15-12-5-4-10(7-13(12)17)14(18)19-8-9-2-1-3-11(16)6-9/h1-7H,8,17H2. The summed E-state index contributed by atoms with van der Waals surface area (Å²) in [5.41, 5.74) is 7.47. The third-order valence-electron chi connectivity index (χ3n) is 2.49. The molecule has 2 N–H and O–H groups in total. The number of nitrogen functional groups attached to an aromatic ring is 1. The van der Waals surface area contributed by atoms with Crippen molar-refractivity contribution in [1.82, 2.24) is 0 Å². The molecule has 0 atom stereocenters. The van der Waals surface area contributed by atoms with Gasteiger partial charge in [0, 0.05) is 15.2 Å². The van der Waals surface area contributed by atoms with Crippen LogP contribution in [-0.2, 0) is 11.3 Å². The number of ether oxygens (including phenoxy) is 1. The number of benzene rings is 2. The molecule has 0 aromatic heterocycles. The Morgan fingerprint density at radius 3 is 2.74 bits per heavy atom. The molecule has 0 amide bonds. The van der Waals surface area contributed by atoms with Gasteiger partial charge in [-0.2, -0.15) is 0 Å². The van der Waals surface area contributed by atoms with E-state index in [0.29, 0.717) is 16.3 Å². The fourth-order valence-corrected chi connectivity index (χ4v) is 1.99. The number of nitrogens with two attached hydrogens (primary N) is 1. The molecule has 2 aromatic rings. The normalized spacial score (nSPS) is 10.2. The van der Waals surface area contributed by atoms with E-state index < -0.39 is 5.97 Å². The lowest BCUT2D eigenvalue weighted by atomic mass is 10.2. The fraction of sp³-hybridized carbons (Fsp3) is 0.0714. The smallest absolute Gasteiger partial charge is 0.338 e. The Balaban J connectivity index is 2.03. The summed E-state index contributed by atoms with van der Waals surface area (Å²) in [6, 6.07) is 12.1. The average Bonchev–Trinajstić information content (AvgIpc) is 2.39. The van der Waals surface area contributed by atoms with Gasteiger partial charge in [0.25, 0.3) is 0 Å². The predicted octanol–water partition coefficient (Wildman–Crippen LogP) is 4.04. The molecule has 0 aliphatic carbocycles. The van der Waals surface area contributed by atoms with Gasteiger partial charge in [-0.25, -0.2) is 4.79 Å². The highest BCUT2D eigenvalue weighted by atomic mass is 79.9. The number of hydrogen-bond acceptors (Lipinski definition) is 3. The molecular weight excluding hydrogens is 330 g/mol. The topological polar surface area (TPSA) is 52.3 Å². The van der Waals surface area contributed by atoms with E-state index in [2.05, 4.69) is 15.9 Å². The van der Waals surface area contributed by atoms with E-state index in [0.717, 1.165) is 10.0 Å². The molecule has 0 radical (unpaired) electrons. The Morgan fingerprint density at radius 1 is 1.26 bits per heavy atom. The first-order chi connectivity index (χ1) is 9.06. The van der Waals surface area contributed by atoms with Crippen molar-refractivity contribution < 1.29 is 9.53 Å². The van der Waals surface area contributed by atoms with Gasteiger partial charge in [-0.1, -0.05) is 23.7 Å². The third-order valence-corrected chi connectivity index (χ3v) is 3.45. The number of hydrogen-bond donors (Lipinski definition) is 1. The molecule has 0 bridgehead atoms. The van der Waals surface area contributed by atoms with E-state index >= 15 is 0 Å². The first-order valence-corrected chi connectivity index (χ1v) is 6.70. The third kappa shape index (κ3) is 3.72. The molecule has 3 nitrogen and oxygen atoms in total. The number of anilines is 1. The molecule has 0 saturated carbocycles. The Morgan fingerprint density at radius 2 is 2.05 bits per heavy atom. The lowest BCUT2D eigenvalue weighted by Crippen LogP contribution is -2.06. The van der Waals surface area contributed by atoms with Crippen LogP contribution in [0, 0.1) is 0 Å². The van der Waals surface area contributed by atoms with Crippen LogP contribution < -0.4 is 5.73 Å². The van der Waals surface area contributed by atoms with Crippen LogP contribution in [0.15, 0.2) is 46.9 Å². The summed E-state index contributed by atoms with van der Waals surface area (Å²) in [5, 5.41) is 0.612. The highest BCUT2D eigenvalue weighted by molar-refractivity contribution is 9.10. The largest absolute Gasteiger partial charge is 0.457 e. The zero-order valence-electron chi connectivity index (χ0n) is 9.90. The highest BCUT2D eigenvalue weighted by Crippen LogP contribution is 2.21. The Hall–Kier alpha value is -1.52. The Kier molecular flexibility index (Phi) is 4.45. The first kappa shape index (κ1) is 13.9. The molecule has 0 aliphatic rings. The maximum absolute atomic E-state index is 11.8. The molecule has 98 valence electrons. The molecule has 5 heteroatoms. The molecule has 2 aromatic carbocycles. The van der Waals surface area contributed by atoms with Gasteiger partial charge in [0.15, 0.2) is 0 Å². The second-order valence-corrected chi connectivity index (χ2v) is 5.23. The molecule has 19 heavy (non-hydrogen) atoms. The Labute approximate surface area is 124 Å². The summed E-state index contributed by atoms with van der Waals surface area (Å²) >= 11 is 9.12. The molecule has 0 heterocycles. The number of esters is 1. The van der Waals surface area contributed by atoms with E-state index in [1.165, 1.54) is 0 Å². The first-order valence-electron chi connectivity index (χ1n) is 5.53. The van der Waals surface area contributed by atoms with Crippen LogP contribution >= 0.6 is 27.5 Å². The second-order valence-electron chi connectivity index (χ2n) is 3.94. The van der Waals surface area contributed by atoms with Crippen LogP contribution in [0.3, 0.4) is 0 Å². The molecule has 0 spiro atoms. The number of rotatable bonds is 3. The SMILES string of the molecule is Nc1cc(C(=O)OCc2cccc(Cl)c2)ccc1Br. The molecule has 2 rings (SSSR count). The van der Waals surface area contributed by atoms with E-state index in [4.69, 9.17) is 22.1 Å². The molecule has 0 unspecified atom stereocenters. The van der Waals surface area contributed by atoms with E-state index in [1.54, 1.807) is 30.3 Å². The van der Waals surface area contributed by atoms with E-state index in [-0.39, 0.29) is 6.61 Å². The highest BCUT2D eigenvalue weighted by Gasteiger charge is 2.09. The van der Waals surface area contributed by atoms with Crippen molar-refractivity contribution in [3.8, 4) is 0 Å². The summed E-state index contributed by atoms with van der Waals surface area (Å²) in [5.74, 6) is -0.417. The van der Waals surface area contributed by atoms with Crippen LogP contribution in [0.1, 0.15) is 15.9 Å². The zero-order chi connectivity index (χ0) is 13.8. The fourth-order valence-electron chi connectivity index (χ4n) is 1.53. The molecule has 0 saturated heterocycles. The molecule has 0 aliphatic heterocycles. The molecular formula is C14H11BrClNO2. The van der Waals surface area contributed by atoms with Crippen LogP contribution in [0.4, 0.5) is 5.69 Å². The van der Waals surface area contributed by atoms with Crippen molar-refractivity contribution in [2.45, 2.75) is 6.61 Å². The van der Waals surface area contributed by atoms with Gasteiger partial charge in [0.2, 0.25) is 0 Å². The zero-order valence-corrected chi connectivity index (χ0v) is 12.2. The summed E-state index contributed by atoms with van der Waals surface area (Å²) in [4.78, 5) is 11.8. The van der Waals surface area contributed by atoms with Crippen LogP contribution in [0.25, 0.3) is 0 Å². The van der Waals surface area contributed by atoms with Crippen molar-refractivity contribution >= 4 is 39.2 Å². The summed E-state index contributed by atoms with van der Waals surface area (Å²) in [6.45, 7) is 0.176. The van der Waals surface area contributed by atoms with E-state index in [9.17, 15) is 4.79 Å². The predicted molar refractivity (Wildman–Crippen MR) is 79.1 cm³/mol. The van der Waals surface area contributed by atoms with Gasteiger partial charge in [-0.3, -0.25) is 0 Å². The van der Waals surface area contributed by atoms with Gasteiger partial charge in [-0.05, 0) is 51.8 Å². The van der Waals surface area contributed by atoms with Gasteiger partial charge in [0.05, 0.1) is 5.56 Å². The van der Waals surface area contributed by atoms with Gasteiger partial charge >= 0.3 is 5.97 Å². The maximum Gasteiger partial charge on any atom is 0.338 e. The number of carbonyl (C=O) groups excluding carboxylic acids is 1. The lowest BCUT2D eigenvalue weighted by Gasteiger charge is -2.06. The van der Waals surface area contributed by atoms with Crippen molar-refractivity contribution in [3.05, 3.63) is 63.1 Å². The van der Waals surface area contributed by atoms with Crippen LogP contribution in [0.5, 0.6) is 0 Å². The van der Waals surface area contributed by atoms with Gasteiger partial charge in [-0.15, -0.1) is 0 Å². The summed E-state index contributed by atoms with van der Waals surface area (Å²) in [6.07, 6.45) is 0. The monoisotopic (exact) mass is 339 g/mol. The minimum atomic E-state index is -0.417. The maximum atomic E-state index is 11.8. The van der Waals surface area contributed by atoms with Crippen LogP contribution in [0.2, 0.25) is 5.02 Å². The second kappa shape index (κ2) is 6.08. The summed E-state index contributed by atoms with van der Waals surface area (Å²) < 4.78 is 5.94. The average molecular weight is 341 g/mol. The van der Waals surface area contributed by atoms with E-state index in [1.807, 2.05) is 12.1 Å². The number of carbonyl (C=O) groups is 1. The van der Waals surface area contributed by atoms with Crippen molar-refractivity contribution in [1.29, 1.82) is 0 Å². The lowest BCUT2D eigenvalue weighted by molar-refractivity contribution is 0.0473. The van der Waals surface area contributed by atoms with Gasteiger partial charge in [0.1, 0.15) is 6.61 Å². The van der Waals surface area contributed by atoms with Crippen LogP contribution in [-0.4, -0.2) is 5.97 Å². The quantitative estimate of drug-likeness (QED) is 0.677. The number of halogens is 2. The Bertz CT molecular complexity index is 616. The van der Waals surface area contributed by atoms with Crippen molar-refractivity contribution in [2.75, 3.05) is 5.73 Å². The van der Waals surface area contributed by atoms with Crippen molar-refractivity contribution in [3.63, 3.8) is 0 Å².